The van der Waals surface area contributed by atoms with Crippen molar-refractivity contribution in [1.82, 2.24) is 19.6 Å². The van der Waals surface area contributed by atoms with Crippen LogP contribution in [0.1, 0.15) is 27.7 Å². The molecule has 4 amide bonds. The third kappa shape index (κ3) is 2.86. The molecule has 0 unspecified atom stereocenters. The second-order valence-electron chi connectivity index (χ2n) is 4.27. The summed E-state index contributed by atoms with van der Waals surface area (Å²) >= 11 is 0. The van der Waals surface area contributed by atoms with Crippen LogP contribution in [0.4, 0.5) is 9.59 Å². The maximum atomic E-state index is 12.3. The summed E-state index contributed by atoms with van der Waals surface area (Å²) in [5.41, 5.74) is 0. The number of amides is 4. The molecule has 1 heterocycles. The summed E-state index contributed by atoms with van der Waals surface area (Å²) in [6.45, 7) is 10.9. The Balaban J connectivity index is 2.97. The van der Waals surface area contributed by atoms with E-state index in [1.807, 2.05) is 27.7 Å². The van der Waals surface area contributed by atoms with Crippen LogP contribution in [0.5, 0.6) is 0 Å². The molecule has 0 aromatic carbocycles. The second-order valence-corrected chi connectivity index (χ2v) is 4.27. The Morgan fingerprint density at radius 1 is 0.667 bits per heavy atom. The zero-order chi connectivity index (χ0) is 13.7. The second kappa shape index (κ2) is 6.47. The summed E-state index contributed by atoms with van der Waals surface area (Å²) in [6, 6.07) is 0.00815. The summed E-state index contributed by atoms with van der Waals surface area (Å²) in [4.78, 5) is 31.4. The van der Waals surface area contributed by atoms with E-state index >= 15 is 0 Å². The first kappa shape index (κ1) is 14.6. The third-order valence-corrected chi connectivity index (χ3v) is 3.29. The van der Waals surface area contributed by atoms with Gasteiger partial charge in [0, 0.05) is 26.2 Å². The van der Waals surface area contributed by atoms with Gasteiger partial charge >= 0.3 is 12.1 Å². The van der Waals surface area contributed by atoms with E-state index in [1.54, 1.807) is 19.6 Å². The van der Waals surface area contributed by atoms with Crippen LogP contribution in [0.2, 0.25) is 0 Å². The number of hydrogen-bond acceptors (Lipinski definition) is 2. The van der Waals surface area contributed by atoms with E-state index in [1.165, 1.54) is 0 Å². The first-order valence-corrected chi connectivity index (χ1v) is 6.66. The fourth-order valence-electron chi connectivity index (χ4n) is 2.00. The van der Waals surface area contributed by atoms with Crippen LogP contribution in [0.15, 0.2) is 0 Å². The maximum absolute atomic E-state index is 12.3. The molecular weight excluding hydrogens is 232 g/mol. The lowest BCUT2D eigenvalue weighted by Crippen LogP contribution is -2.58. The van der Waals surface area contributed by atoms with Gasteiger partial charge in [-0.3, -0.25) is 0 Å². The molecule has 18 heavy (non-hydrogen) atoms. The van der Waals surface area contributed by atoms with Crippen molar-refractivity contribution in [3.05, 3.63) is 0 Å². The Hall–Kier alpha value is -1.46. The van der Waals surface area contributed by atoms with Crippen LogP contribution >= 0.6 is 0 Å². The smallest absolute Gasteiger partial charge is 0.307 e. The van der Waals surface area contributed by atoms with Gasteiger partial charge in [0.2, 0.25) is 0 Å². The van der Waals surface area contributed by atoms with Crippen LogP contribution in [0.25, 0.3) is 0 Å². The van der Waals surface area contributed by atoms with Crippen molar-refractivity contribution in [2.45, 2.75) is 27.7 Å². The van der Waals surface area contributed by atoms with Crippen LogP contribution in [0, 0.1) is 0 Å². The predicted molar refractivity (Wildman–Crippen MR) is 70.0 cm³/mol. The molecule has 104 valence electrons. The topological polar surface area (TPSA) is 47.1 Å². The molecule has 1 fully saturated rings. The molecule has 0 radical (unpaired) electrons. The van der Waals surface area contributed by atoms with E-state index < -0.39 is 0 Å². The van der Waals surface area contributed by atoms with Gasteiger partial charge in [0.1, 0.15) is 0 Å². The average molecular weight is 256 g/mol. The Kier molecular flexibility index (Phi) is 5.25. The maximum Gasteiger partial charge on any atom is 0.322 e. The standard InChI is InChI=1S/C12H24N4O2/c1-5-13-9-14(6-2)12(18)16(8-4)10-15(7-3)11(13)17/h5-10H2,1-4H3. The molecule has 0 aliphatic carbocycles. The molecule has 1 rings (SSSR count). The summed E-state index contributed by atoms with van der Waals surface area (Å²) in [7, 11) is 0. The van der Waals surface area contributed by atoms with Crippen LogP contribution < -0.4 is 0 Å². The minimum absolute atomic E-state index is 0.00407. The number of carbonyl (C=O) groups excluding carboxylic acids is 2. The van der Waals surface area contributed by atoms with Crippen molar-refractivity contribution in [2.24, 2.45) is 0 Å². The minimum Gasteiger partial charge on any atom is -0.307 e. The third-order valence-electron chi connectivity index (χ3n) is 3.29. The molecule has 0 saturated carbocycles. The Morgan fingerprint density at radius 2 is 0.889 bits per heavy atom. The molecule has 0 atom stereocenters. The van der Waals surface area contributed by atoms with Gasteiger partial charge in [-0.15, -0.1) is 0 Å². The van der Waals surface area contributed by atoms with Gasteiger partial charge < -0.3 is 19.6 Å². The van der Waals surface area contributed by atoms with E-state index in [2.05, 4.69) is 0 Å². The van der Waals surface area contributed by atoms with Gasteiger partial charge in [-0.2, -0.15) is 0 Å². The molecule has 6 heteroatoms. The lowest BCUT2D eigenvalue weighted by atomic mass is 10.4. The molecule has 0 aromatic rings. The van der Waals surface area contributed by atoms with Crippen molar-refractivity contribution in [3.63, 3.8) is 0 Å². The lowest BCUT2D eigenvalue weighted by molar-refractivity contribution is 0.0676. The molecule has 1 aliphatic rings. The Morgan fingerprint density at radius 3 is 1.06 bits per heavy atom. The molecule has 0 aromatic heterocycles. The van der Waals surface area contributed by atoms with E-state index in [0.29, 0.717) is 39.5 Å². The zero-order valence-electron chi connectivity index (χ0n) is 11.8. The van der Waals surface area contributed by atoms with Crippen molar-refractivity contribution >= 4 is 12.1 Å². The highest BCUT2D eigenvalue weighted by molar-refractivity contribution is 5.79. The number of hydrogen-bond donors (Lipinski definition) is 0. The van der Waals surface area contributed by atoms with Crippen molar-refractivity contribution < 1.29 is 9.59 Å². The Bertz CT molecular complexity index is 254. The number of nitrogens with zero attached hydrogens (tertiary/aromatic N) is 4. The number of carbonyl (C=O) groups is 2. The van der Waals surface area contributed by atoms with Crippen molar-refractivity contribution in [3.8, 4) is 0 Å². The highest BCUT2D eigenvalue weighted by Crippen LogP contribution is 2.10. The fourth-order valence-corrected chi connectivity index (χ4v) is 2.00. The molecule has 0 bridgehead atoms. The van der Waals surface area contributed by atoms with E-state index in [4.69, 9.17) is 0 Å². The van der Waals surface area contributed by atoms with Crippen LogP contribution in [0.3, 0.4) is 0 Å². The highest BCUT2D eigenvalue weighted by atomic mass is 16.2. The van der Waals surface area contributed by atoms with Gasteiger partial charge in [0.15, 0.2) is 0 Å². The van der Waals surface area contributed by atoms with E-state index in [-0.39, 0.29) is 12.1 Å². The Labute approximate surface area is 109 Å². The van der Waals surface area contributed by atoms with E-state index in [9.17, 15) is 9.59 Å². The lowest BCUT2D eigenvalue weighted by Gasteiger charge is -2.40. The molecule has 1 saturated heterocycles. The summed E-state index contributed by atoms with van der Waals surface area (Å²) in [5, 5.41) is 0. The molecule has 0 N–H and O–H groups in total. The summed E-state index contributed by atoms with van der Waals surface area (Å²) < 4.78 is 0. The van der Waals surface area contributed by atoms with Crippen LogP contribution in [-0.4, -0.2) is 71.2 Å². The van der Waals surface area contributed by atoms with Gasteiger partial charge in [0.05, 0.1) is 13.3 Å². The van der Waals surface area contributed by atoms with Gasteiger partial charge in [0.25, 0.3) is 0 Å². The first-order chi connectivity index (χ1) is 8.58. The SMILES string of the molecule is CCN1CN(CC)C(=O)N(CC)CN(CC)C1=O. The van der Waals surface area contributed by atoms with Crippen LogP contribution in [-0.2, 0) is 0 Å². The first-order valence-electron chi connectivity index (χ1n) is 6.66. The summed E-state index contributed by atoms with van der Waals surface area (Å²) in [5.74, 6) is 0. The normalized spacial score (nSPS) is 18.2. The number of rotatable bonds is 4. The summed E-state index contributed by atoms with van der Waals surface area (Å²) in [6.07, 6.45) is 0. The monoisotopic (exact) mass is 256 g/mol. The van der Waals surface area contributed by atoms with Crippen molar-refractivity contribution in [2.75, 3.05) is 39.5 Å². The average Bonchev–Trinajstić information content (AvgIpc) is 2.39. The largest absolute Gasteiger partial charge is 0.322 e. The predicted octanol–water partition coefficient (Wildman–Crippen LogP) is 1.44. The minimum atomic E-state index is 0.00407. The highest BCUT2D eigenvalue weighted by Gasteiger charge is 2.30. The van der Waals surface area contributed by atoms with Crippen molar-refractivity contribution in [1.29, 1.82) is 0 Å². The fraction of sp³-hybridized carbons (Fsp3) is 0.833. The zero-order valence-corrected chi connectivity index (χ0v) is 11.8. The molecule has 6 nitrogen and oxygen atoms in total. The quantitative estimate of drug-likeness (QED) is 0.764. The molecule has 0 spiro atoms. The van der Waals surface area contributed by atoms with E-state index in [0.717, 1.165) is 0 Å². The van der Waals surface area contributed by atoms with Gasteiger partial charge in [-0.25, -0.2) is 9.59 Å². The number of urea groups is 2. The molecule has 1 aliphatic heterocycles. The molecular formula is C12H24N4O2. The van der Waals surface area contributed by atoms with Gasteiger partial charge in [-0.1, -0.05) is 0 Å². The van der Waals surface area contributed by atoms with Gasteiger partial charge in [-0.05, 0) is 27.7 Å².